The van der Waals surface area contributed by atoms with Gasteiger partial charge in [-0.3, -0.25) is 4.79 Å². The zero-order chi connectivity index (χ0) is 21.1. The number of hydrogen-bond donors (Lipinski definition) is 2. The maximum absolute atomic E-state index is 12.9. The first kappa shape index (κ1) is 23.2. The van der Waals surface area contributed by atoms with Crippen molar-refractivity contribution in [2.75, 3.05) is 6.61 Å². The summed E-state index contributed by atoms with van der Waals surface area (Å²) in [5.41, 5.74) is 0.388. The highest BCUT2D eigenvalue weighted by molar-refractivity contribution is 5.86. The number of nitrogens with one attached hydrogen (secondary N) is 2. The SMILES string of the molecule is CC(C)(C)OC(=O)N[C@@H](COCc1ccccc1)C(=O)NC1CCCCCCC1. The van der Waals surface area contributed by atoms with Crippen molar-refractivity contribution in [3.8, 4) is 0 Å². The molecule has 2 N–H and O–H groups in total. The van der Waals surface area contributed by atoms with Gasteiger partial charge in [0.1, 0.15) is 11.6 Å². The first-order valence-electron chi connectivity index (χ1n) is 10.7. The van der Waals surface area contributed by atoms with E-state index >= 15 is 0 Å². The molecule has 1 aliphatic carbocycles. The van der Waals surface area contributed by atoms with Crippen molar-refractivity contribution in [1.29, 1.82) is 0 Å². The van der Waals surface area contributed by atoms with Crippen LogP contribution in [0.4, 0.5) is 4.79 Å². The predicted molar refractivity (Wildman–Crippen MR) is 114 cm³/mol. The van der Waals surface area contributed by atoms with Crippen LogP contribution in [0.1, 0.15) is 71.3 Å². The number of alkyl carbamates (subject to hydrolysis) is 1. The lowest BCUT2D eigenvalue weighted by molar-refractivity contribution is -0.125. The van der Waals surface area contributed by atoms with Crippen LogP contribution < -0.4 is 10.6 Å². The highest BCUT2D eigenvalue weighted by Gasteiger charge is 2.26. The van der Waals surface area contributed by atoms with E-state index in [0.717, 1.165) is 31.2 Å². The zero-order valence-electron chi connectivity index (χ0n) is 18.0. The molecule has 0 aromatic heterocycles. The van der Waals surface area contributed by atoms with E-state index in [4.69, 9.17) is 9.47 Å². The number of carbonyl (C=O) groups is 2. The first-order chi connectivity index (χ1) is 13.8. The van der Waals surface area contributed by atoms with Gasteiger partial charge in [0.25, 0.3) is 0 Å². The summed E-state index contributed by atoms with van der Waals surface area (Å²) >= 11 is 0. The Morgan fingerprint density at radius 2 is 1.66 bits per heavy atom. The second kappa shape index (κ2) is 11.8. The van der Waals surface area contributed by atoms with Crippen LogP contribution in [-0.4, -0.2) is 36.3 Å². The van der Waals surface area contributed by atoms with E-state index in [1.54, 1.807) is 20.8 Å². The molecule has 1 aliphatic rings. The van der Waals surface area contributed by atoms with Gasteiger partial charge in [0.2, 0.25) is 5.91 Å². The number of benzene rings is 1. The molecule has 6 nitrogen and oxygen atoms in total. The largest absolute Gasteiger partial charge is 0.444 e. The van der Waals surface area contributed by atoms with Crippen LogP contribution in [0.5, 0.6) is 0 Å². The normalized spacial score (nSPS) is 16.9. The summed E-state index contributed by atoms with van der Waals surface area (Å²) in [4.78, 5) is 25.1. The summed E-state index contributed by atoms with van der Waals surface area (Å²) < 4.78 is 11.1. The van der Waals surface area contributed by atoms with E-state index in [1.807, 2.05) is 30.3 Å². The molecule has 1 aromatic carbocycles. The molecule has 1 saturated carbocycles. The molecular formula is C23H36N2O4. The summed E-state index contributed by atoms with van der Waals surface area (Å²) in [5, 5.41) is 5.79. The minimum absolute atomic E-state index is 0.0900. The van der Waals surface area contributed by atoms with Gasteiger partial charge >= 0.3 is 6.09 Å². The van der Waals surface area contributed by atoms with E-state index in [0.29, 0.717) is 6.61 Å². The average molecular weight is 405 g/mol. The topological polar surface area (TPSA) is 76.7 Å². The summed E-state index contributed by atoms with van der Waals surface area (Å²) in [6.45, 7) is 5.85. The number of hydrogen-bond acceptors (Lipinski definition) is 4. The van der Waals surface area contributed by atoms with Gasteiger partial charge in [-0.25, -0.2) is 4.79 Å². The van der Waals surface area contributed by atoms with Crippen LogP contribution in [-0.2, 0) is 20.9 Å². The molecule has 1 fully saturated rings. The molecule has 1 atom stereocenters. The number of amides is 2. The summed E-state index contributed by atoms with van der Waals surface area (Å²) in [6.07, 6.45) is 7.30. The Bertz CT molecular complexity index is 620. The molecule has 0 spiro atoms. The minimum atomic E-state index is -0.793. The van der Waals surface area contributed by atoms with Gasteiger partial charge in [0, 0.05) is 6.04 Å². The Morgan fingerprint density at radius 1 is 1.03 bits per heavy atom. The van der Waals surface area contributed by atoms with Gasteiger partial charge in [0.05, 0.1) is 13.2 Å². The molecule has 2 amide bonds. The molecule has 0 aliphatic heterocycles. The van der Waals surface area contributed by atoms with E-state index in [9.17, 15) is 9.59 Å². The maximum Gasteiger partial charge on any atom is 0.408 e. The van der Waals surface area contributed by atoms with Gasteiger partial charge in [-0.2, -0.15) is 0 Å². The second-order valence-corrected chi connectivity index (χ2v) is 8.75. The number of carbonyl (C=O) groups excluding carboxylic acids is 2. The Balaban J connectivity index is 1.93. The van der Waals surface area contributed by atoms with E-state index in [-0.39, 0.29) is 18.6 Å². The van der Waals surface area contributed by atoms with Gasteiger partial charge in [0.15, 0.2) is 0 Å². The van der Waals surface area contributed by atoms with Crippen LogP contribution in [0, 0.1) is 0 Å². The van der Waals surface area contributed by atoms with E-state index in [1.165, 1.54) is 19.3 Å². The highest BCUT2D eigenvalue weighted by Crippen LogP contribution is 2.17. The molecule has 0 bridgehead atoms. The summed E-state index contributed by atoms with van der Waals surface area (Å²) in [6, 6.07) is 9.11. The smallest absolute Gasteiger partial charge is 0.408 e. The van der Waals surface area contributed by atoms with E-state index < -0.39 is 17.7 Å². The van der Waals surface area contributed by atoms with Crippen molar-refractivity contribution in [2.24, 2.45) is 0 Å². The van der Waals surface area contributed by atoms with Crippen molar-refractivity contribution in [3.05, 3.63) is 35.9 Å². The van der Waals surface area contributed by atoms with E-state index in [2.05, 4.69) is 10.6 Å². The van der Waals surface area contributed by atoms with Crippen molar-refractivity contribution < 1.29 is 19.1 Å². The van der Waals surface area contributed by atoms with Crippen LogP contribution in [0.15, 0.2) is 30.3 Å². The Labute approximate surface area is 174 Å². The monoisotopic (exact) mass is 404 g/mol. The fourth-order valence-electron chi connectivity index (χ4n) is 3.40. The Morgan fingerprint density at radius 3 is 2.28 bits per heavy atom. The fraction of sp³-hybridized carbons (Fsp3) is 0.652. The summed E-state index contributed by atoms with van der Waals surface area (Å²) in [5.74, 6) is -0.213. The van der Waals surface area contributed by atoms with Crippen molar-refractivity contribution in [1.82, 2.24) is 10.6 Å². The molecule has 0 radical (unpaired) electrons. The molecule has 0 unspecified atom stereocenters. The van der Waals surface area contributed by atoms with Gasteiger partial charge in [-0.05, 0) is 39.2 Å². The molecular weight excluding hydrogens is 368 g/mol. The third kappa shape index (κ3) is 9.79. The lowest BCUT2D eigenvalue weighted by Gasteiger charge is -2.26. The number of ether oxygens (including phenoxy) is 2. The van der Waals surface area contributed by atoms with Crippen molar-refractivity contribution in [2.45, 2.75) is 90.0 Å². The molecule has 29 heavy (non-hydrogen) atoms. The van der Waals surface area contributed by atoms with Gasteiger partial charge in [-0.1, -0.05) is 62.4 Å². The molecule has 0 saturated heterocycles. The van der Waals surface area contributed by atoms with Crippen LogP contribution in [0.3, 0.4) is 0 Å². The predicted octanol–water partition coefficient (Wildman–Crippen LogP) is 4.33. The lowest BCUT2D eigenvalue weighted by atomic mass is 9.96. The number of rotatable bonds is 7. The van der Waals surface area contributed by atoms with Gasteiger partial charge < -0.3 is 20.1 Å². The zero-order valence-corrected chi connectivity index (χ0v) is 18.0. The molecule has 0 heterocycles. The lowest BCUT2D eigenvalue weighted by Crippen LogP contribution is -2.52. The molecule has 162 valence electrons. The highest BCUT2D eigenvalue weighted by atomic mass is 16.6. The Hall–Kier alpha value is -2.08. The quantitative estimate of drug-likeness (QED) is 0.709. The van der Waals surface area contributed by atoms with Crippen LogP contribution >= 0.6 is 0 Å². The first-order valence-corrected chi connectivity index (χ1v) is 10.7. The van der Waals surface area contributed by atoms with Crippen LogP contribution in [0.2, 0.25) is 0 Å². The fourth-order valence-corrected chi connectivity index (χ4v) is 3.40. The third-order valence-corrected chi connectivity index (χ3v) is 4.86. The summed E-state index contributed by atoms with van der Waals surface area (Å²) in [7, 11) is 0. The van der Waals surface area contributed by atoms with Crippen molar-refractivity contribution in [3.63, 3.8) is 0 Å². The molecule has 1 aromatic rings. The van der Waals surface area contributed by atoms with Crippen molar-refractivity contribution >= 4 is 12.0 Å². The van der Waals surface area contributed by atoms with Crippen LogP contribution in [0.25, 0.3) is 0 Å². The minimum Gasteiger partial charge on any atom is -0.444 e. The maximum atomic E-state index is 12.9. The standard InChI is InChI=1S/C23H36N2O4/c1-23(2,3)29-22(27)25-20(17-28-16-18-12-8-7-9-13-18)21(26)24-19-14-10-5-4-6-11-15-19/h7-9,12-13,19-20H,4-6,10-11,14-17H2,1-3H3,(H,24,26)(H,25,27)/t20-/m0/s1. The third-order valence-electron chi connectivity index (χ3n) is 4.86. The Kier molecular flexibility index (Phi) is 9.45. The second-order valence-electron chi connectivity index (χ2n) is 8.75. The van der Waals surface area contributed by atoms with Gasteiger partial charge in [-0.15, -0.1) is 0 Å². The molecule has 6 heteroatoms. The molecule has 2 rings (SSSR count). The average Bonchev–Trinajstić information content (AvgIpc) is 2.62.